The van der Waals surface area contributed by atoms with Crippen molar-refractivity contribution in [2.45, 2.75) is 86.1 Å². The molecule has 10 heteroatoms. The number of esters is 4. The highest BCUT2D eigenvalue weighted by Gasteiger charge is 2.53. The van der Waals surface area contributed by atoms with Crippen molar-refractivity contribution in [3.05, 3.63) is 0 Å². The van der Waals surface area contributed by atoms with E-state index < -0.39 is 65.4 Å². The molecule has 0 aliphatic carbocycles. The molecule has 0 aromatic carbocycles. The zero-order valence-corrected chi connectivity index (χ0v) is 19.7. The van der Waals surface area contributed by atoms with Crippen LogP contribution in [-0.2, 0) is 47.6 Å². The maximum absolute atomic E-state index is 12.5. The van der Waals surface area contributed by atoms with Crippen molar-refractivity contribution in [1.82, 2.24) is 0 Å². The minimum absolute atomic E-state index is 0.300. The number of hydrogen-bond donors (Lipinski definition) is 0. The van der Waals surface area contributed by atoms with Crippen LogP contribution < -0.4 is 0 Å². The van der Waals surface area contributed by atoms with E-state index in [-0.39, 0.29) is 6.61 Å². The lowest BCUT2D eigenvalue weighted by atomic mass is 9.95. The van der Waals surface area contributed by atoms with Crippen LogP contribution in [0.3, 0.4) is 0 Å². The van der Waals surface area contributed by atoms with E-state index >= 15 is 0 Å². The summed E-state index contributed by atoms with van der Waals surface area (Å²) >= 11 is 0. The van der Waals surface area contributed by atoms with Crippen LogP contribution in [0.2, 0.25) is 0 Å². The summed E-state index contributed by atoms with van der Waals surface area (Å²) in [7, 11) is 1.32. The van der Waals surface area contributed by atoms with Gasteiger partial charge in [0.2, 0.25) is 0 Å². The Balaban J connectivity index is 3.28. The lowest BCUT2D eigenvalue weighted by Gasteiger charge is -2.44. The van der Waals surface area contributed by atoms with Gasteiger partial charge in [0.1, 0.15) is 12.7 Å². The topological polar surface area (TPSA) is 124 Å². The first kappa shape index (κ1) is 26.8. The van der Waals surface area contributed by atoms with Crippen molar-refractivity contribution in [3.8, 4) is 0 Å². The lowest BCUT2D eigenvalue weighted by Crippen LogP contribution is -2.63. The molecular weight excluding hydrogens is 412 g/mol. The number of carbonyl (C=O) groups excluding carboxylic acids is 4. The van der Waals surface area contributed by atoms with Gasteiger partial charge >= 0.3 is 23.9 Å². The van der Waals surface area contributed by atoms with E-state index in [0.29, 0.717) is 0 Å². The maximum Gasteiger partial charge on any atom is 0.311 e. The summed E-state index contributed by atoms with van der Waals surface area (Å²) in [6, 6.07) is 0. The third kappa shape index (κ3) is 7.77. The molecule has 0 N–H and O–H groups in total. The van der Waals surface area contributed by atoms with E-state index in [2.05, 4.69) is 0 Å². The molecule has 1 rings (SSSR count). The van der Waals surface area contributed by atoms with E-state index in [9.17, 15) is 19.2 Å². The van der Waals surface area contributed by atoms with Crippen molar-refractivity contribution >= 4 is 23.9 Å². The van der Waals surface area contributed by atoms with Crippen molar-refractivity contribution in [1.29, 1.82) is 0 Å². The summed E-state index contributed by atoms with van der Waals surface area (Å²) in [5, 5.41) is 0. The summed E-state index contributed by atoms with van der Waals surface area (Å²) in [6.45, 7) is 12.0. The Morgan fingerprint density at radius 3 is 1.65 bits per heavy atom. The Morgan fingerprint density at radius 1 is 0.742 bits per heavy atom. The van der Waals surface area contributed by atoms with E-state index in [1.807, 2.05) is 0 Å². The van der Waals surface area contributed by atoms with E-state index in [1.54, 1.807) is 41.5 Å². The number of methoxy groups -OCH3 is 1. The maximum atomic E-state index is 12.5. The molecule has 0 saturated carbocycles. The zero-order valence-electron chi connectivity index (χ0n) is 19.7. The van der Waals surface area contributed by atoms with Crippen LogP contribution in [0.1, 0.15) is 55.4 Å². The molecule has 0 aromatic heterocycles. The van der Waals surface area contributed by atoms with Gasteiger partial charge in [-0.15, -0.1) is 0 Å². The molecule has 1 heterocycles. The Labute approximate surface area is 182 Å². The van der Waals surface area contributed by atoms with Crippen molar-refractivity contribution in [2.75, 3.05) is 13.7 Å². The van der Waals surface area contributed by atoms with Gasteiger partial charge in [0.25, 0.3) is 0 Å². The van der Waals surface area contributed by atoms with Crippen molar-refractivity contribution in [2.24, 2.45) is 10.8 Å². The second kappa shape index (κ2) is 10.4. The Morgan fingerprint density at radius 2 is 1.23 bits per heavy atom. The molecule has 0 amide bonds. The predicted octanol–water partition coefficient (Wildman–Crippen LogP) is 1.77. The van der Waals surface area contributed by atoms with Crippen LogP contribution in [0.4, 0.5) is 0 Å². The van der Waals surface area contributed by atoms with Gasteiger partial charge in [-0.3, -0.25) is 19.2 Å². The SMILES string of the molecule is CO[C@H]1O[C@H](COC(=O)C(C)(C)C)[C@H](OC(C)=O)[C@H](OC(C)=O)[C@H]1OC(=O)C(C)(C)C. The second-order valence-corrected chi connectivity index (χ2v) is 9.40. The second-order valence-electron chi connectivity index (χ2n) is 9.40. The number of rotatable bonds is 6. The minimum atomic E-state index is -1.25. The third-order valence-electron chi connectivity index (χ3n) is 4.27. The van der Waals surface area contributed by atoms with Crippen LogP contribution in [0.5, 0.6) is 0 Å². The lowest BCUT2D eigenvalue weighted by molar-refractivity contribution is -0.304. The molecule has 5 atom stereocenters. The fraction of sp³-hybridized carbons (Fsp3) is 0.810. The first-order valence-corrected chi connectivity index (χ1v) is 9.99. The highest BCUT2D eigenvalue weighted by Crippen LogP contribution is 2.31. The molecule has 1 aliphatic heterocycles. The molecule has 1 saturated heterocycles. The molecule has 0 radical (unpaired) electrons. The van der Waals surface area contributed by atoms with E-state index in [4.69, 9.17) is 28.4 Å². The third-order valence-corrected chi connectivity index (χ3v) is 4.27. The summed E-state index contributed by atoms with van der Waals surface area (Å²) in [5.41, 5.74) is -1.64. The van der Waals surface area contributed by atoms with Crippen LogP contribution in [0, 0.1) is 10.8 Å². The fourth-order valence-corrected chi connectivity index (χ4v) is 2.66. The monoisotopic (exact) mass is 446 g/mol. The smallest absolute Gasteiger partial charge is 0.311 e. The largest absolute Gasteiger partial charge is 0.462 e. The summed E-state index contributed by atoms with van der Waals surface area (Å²) in [5.74, 6) is -2.48. The summed E-state index contributed by atoms with van der Waals surface area (Å²) in [4.78, 5) is 48.3. The molecule has 0 unspecified atom stereocenters. The summed E-state index contributed by atoms with van der Waals surface area (Å²) in [6.07, 6.45) is -5.88. The highest BCUT2D eigenvalue weighted by atomic mass is 16.7. The van der Waals surface area contributed by atoms with Crippen LogP contribution in [-0.4, -0.2) is 68.3 Å². The number of ether oxygens (including phenoxy) is 6. The van der Waals surface area contributed by atoms with E-state index in [1.165, 1.54) is 21.0 Å². The van der Waals surface area contributed by atoms with Crippen LogP contribution >= 0.6 is 0 Å². The van der Waals surface area contributed by atoms with Crippen molar-refractivity contribution < 1.29 is 47.6 Å². The van der Waals surface area contributed by atoms with Gasteiger partial charge in [-0.2, -0.15) is 0 Å². The average molecular weight is 446 g/mol. The minimum Gasteiger partial charge on any atom is -0.462 e. The Kier molecular flexibility index (Phi) is 9.01. The van der Waals surface area contributed by atoms with Crippen LogP contribution in [0.25, 0.3) is 0 Å². The molecule has 0 bridgehead atoms. The molecule has 10 nitrogen and oxygen atoms in total. The average Bonchev–Trinajstić information content (AvgIpc) is 2.60. The molecule has 0 spiro atoms. The number of hydrogen-bond acceptors (Lipinski definition) is 10. The van der Waals surface area contributed by atoms with E-state index in [0.717, 1.165) is 0 Å². The van der Waals surface area contributed by atoms with Crippen LogP contribution in [0.15, 0.2) is 0 Å². The normalized spacial score (nSPS) is 26.5. The van der Waals surface area contributed by atoms with Gasteiger partial charge < -0.3 is 28.4 Å². The zero-order chi connectivity index (χ0) is 24.1. The number of carbonyl (C=O) groups is 4. The van der Waals surface area contributed by atoms with Gasteiger partial charge in [0, 0.05) is 21.0 Å². The Hall–Kier alpha value is -2.20. The molecular formula is C21H34O10. The van der Waals surface area contributed by atoms with Gasteiger partial charge in [0.05, 0.1) is 10.8 Å². The molecule has 1 fully saturated rings. The Bertz CT molecular complexity index is 673. The quantitative estimate of drug-likeness (QED) is 0.440. The first-order chi connectivity index (χ1) is 14.1. The van der Waals surface area contributed by atoms with Gasteiger partial charge in [-0.1, -0.05) is 0 Å². The highest BCUT2D eigenvalue weighted by molar-refractivity contribution is 5.76. The first-order valence-electron chi connectivity index (χ1n) is 9.99. The van der Waals surface area contributed by atoms with Crippen molar-refractivity contribution in [3.63, 3.8) is 0 Å². The molecule has 1 aliphatic rings. The molecule has 31 heavy (non-hydrogen) atoms. The fourth-order valence-electron chi connectivity index (χ4n) is 2.66. The molecule has 178 valence electrons. The van der Waals surface area contributed by atoms with Gasteiger partial charge in [-0.05, 0) is 41.5 Å². The predicted molar refractivity (Wildman–Crippen MR) is 107 cm³/mol. The van der Waals surface area contributed by atoms with Gasteiger partial charge in [-0.25, -0.2) is 0 Å². The molecule has 0 aromatic rings. The standard InChI is InChI=1S/C21H34O10/c1-11(22)28-14-13(10-27-18(24)20(3,4)5)30-17(26-9)16(15(14)29-12(2)23)31-19(25)21(6,7)8/h13-17H,10H2,1-9H3/t13-,14+,15+,16-,17+/m1/s1. The van der Waals surface area contributed by atoms with Gasteiger partial charge in [0.15, 0.2) is 24.6 Å². The summed E-state index contributed by atoms with van der Waals surface area (Å²) < 4.78 is 32.7.